The lowest BCUT2D eigenvalue weighted by Gasteiger charge is -2.33. The lowest BCUT2D eigenvalue weighted by molar-refractivity contribution is -0.153. The quantitative estimate of drug-likeness (QED) is 0.200. The van der Waals surface area contributed by atoms with E-state index in [1.807, 2.05) is 14.1 Å². The van der Waals surface area contributed by atoms with Crippen LogP contribution < -0.4 is 20.5 Å². The van der Waals surface area contributed by atoms with Crippen LogP contribution in [-0.4, -0.2) is 89.4 Å². The number of anilines is 2. The number of primary sulfonamides is 1. The molecule has 47 heavy (non-hydrogen) atoms. The largest absolute Gasteiger partial charge is 0.482 e. The lowest BCUT2D eigenvalue weighted by atomic mass is 10.0. The first-order valence-corrected chi connectivity index (χ1v) is 16.7. The Morgan fingerprint density at radius 1 is 1.09 bits per heavy atom. The predicted molar refractivity (Wildman–Crippen MR) is 168 cm³/mol. The van der Waals surface area contributed by atoms with Crippen LogP contribution in [0.4, 0.5) is 37.7 Å². The van der Waals surface area contributed by atoms with E-state index in [1.54, 1.807) is 28.0 Å². The van der Waals surface area contributed by atoms with Crippen LogP contribution in [0.15, 0.2) is 41.3 Å². The van der Waals surface area contributed by atoms with Crippen molar-refractivity contribution in [1.29, 1.82) is 0 Å². The molecule has 0 aliphatic carbocycles. The highest BCUT2D eigenvalue weighted by atomic mass is 32.2. The van der Waals surface area contributed by atoms with Gasteiger partial charge in [0, 0.05) is 25.2 Å². The fraction of sp³-hybridized carbons (Fsp3) is 0.433. The fourth-order valence-corrected chi connectivity index (χ4v) is 6.69. The van der Waals surface area contributed by atoms with E-state index in [-0.39, 0.29) is 34.6 Å². The second-order valence-corrected chi connectivity index (χ2v) is 13.8. The summed E-state index contributed by atoms with van der Waals surface area (Å²) >= 11 is 1.09. The molecular formula is C30H33F6N5O4S2. The van der Waals surface area contributed by atoms with Gasteiger partial charge in [0.25, 0.3) is 0 Å². The SMILES string of the molecule is CN(C)CC(=O)N1CCC(Nc2cccc3c(CC(F)(F)F)c(C#CCNc4ccc(S(N)(=O)=O)cc4OCC(F)(F)F)sc23)CC1. The number of nitrogens with zero attached hydrogens (tertiary/aromatic N) is 2. The van der Waals surface area contributed by atoms with Crippen LogP contribution in [0.1, 0.15) is 23.3 Å². The van der Waals surface area contributed by atoms with E-state index in [1.165, 1.54) is 0 Å². The number of likely N-dealkylation sites (tertiary alicyclic amines) is 1. The third-order valence-corrected chi connectivity index (χ3v) is 9.20. The molecule has 9 nitrogen and oxygen atoms in total. The van der Waals surface area contributed by atoms with Gasteiger partial charge in [0.15, 0.2) is 6.61 Å². The molecule has 0 atom stereocenters. The number of benzene rings is 2. The fourth-order valence-electron chi connectivity index (χ4n) is 4.99. The standard InChI is InChI=1S/C30H33F6N5O4S2/c1-40(2)17-27(42)41-13-10-19(11-14-41)39-24-6-3-5-21-22(16-29(31,32)33)26(46-28(21)24)7-4-12-38-23-9-8-20(47(37,43)44)15-25(23)45-18-30(34,35)36/h3,5-6,8-9,15,19,38-39H,10-14,16-18H2,1-2H3,(H2,37,43,44). The van der Waals surface area contributed by atoms with Gasteiger partial charge >= 0.3 is 12.4 Å². The topological polar surface area (TPSA) is 117 Å². The summed E-state index contributed by atoms with van der Waals surface area (Å²) in [7, 11) is -0.602. The smallest absolute Gasteiger partial charge is 0.422 e. The van der Waals surface area contributed by atoms with Gasteiger partial charge in [0.1, 0.15) is 5.75 Å². The molecule has 0 spiro atoms. The number of likely N-dealkylation sites (N-methyl/N-ethyl adjacent to an activating group) is 1. The van der Waals surface area contributed by atoms with E-state index in [0.717, 1.165) is 29.5 Å². The molecule has 2 aromatic carbocycles. The third-order valence-electron chi connectivity index (χ3n) is 7.10. The maximum atomic E-state index is 13.7. The summed E-state index contributed by atoms with van der Waals surface area (Å²) in [6, 6.07) is 8.11. The average Bonchev–Trinajstić information content (AvgIpc) is 3.30. The Morgan fingerprint density at radius 2 is 1.79 bits per heavy atom. The molecule has 256 valence electrons. The van der Waals surface area contributed by atoms with E-state index in [9.17, 15) is 39.6 Å². The summed E-state index contributed by atoms with van der Waals surface area (Å²) in [5.74, 6) is 5.07. The van der Waals surface area contributed by atoms with Crippen LogP contribution >= 0.6 is 11.3 Å². The molecule has 1 aliphatic rings. The van der Waals surface area contributed by atoms with Crippen LogP contribution in [0.2, 0.25) is 0 Å². The van der Waals surface area contributed by atoms with E-state index in [2.05, 4.69) is 22.5 Å². The van der Waals surface area contributed by atoms with Gasteiger partial charge in [-0.25, -0.2) is 13.6 Å². The number of nitrogens with one attached hydrogen (secondary N) is 2. The molecule has 0 bridgehead atoms. The highest BCUT2D eigenvalue weighted by Gasteiger charge is 2.32. The number of amides is 1. The summed E-state index contributed by atoms with van der Waals surface area (Å²) in [4.78, 5) is 15.7. The molecule has 4 N–H and O–H groups in total. The minimum absolute atomic E-state index is 0.00413. The number of carbonyl (C=O) groups is 1. The molecular weight excluding hydrogens is 672 g/mol. The Hall–Kier alpha value is -3.72. The summed E-state index contributed by atoms with van der Waals surface area (Å²) < 4.78 is 108. The van der Waals surface area contributed by atoms with Gasteiger partial charge in [-0.2, -0.15) is 26.3 Å². The third kappa shape index (κ3) is 10.4. The molecule has 4 rings (SSSR count). The van der Waals surface area contributed by atoms with Gasteiger partial charge in [-0.05, 0) is 56.1 Å². The van der Waals surface area contributed by atoms with Gasteiger partial charge in [-0.3, -0.25) is 4.79 Å². The van der Waals surface area contributed by atoms with Crippen LogP contribution in [0.25, 0.3) is 10.1 Å². The number of alkyl halides is 6. The van der Waals surface area contributed by atoms with Crippen molar-refractivity contribution >= 4 is 48.7 Å². The van der Waals surface area contributed by atoms with Gasteiger partial charge in [-0.1, -0.05) is 24.0 Å². The molecule has 0 saturated carbocycles. The molecule has 1 saturated heterocycles. The van der Waals surface area contributed by atoms with E-state index < -0.39 is 46.0 Å². The average molecular weight is 706 g/mol. The Kier molecular flexibility index (Phi) is 11.2. The molecule has 1 amide bonds. The molecule has 0 unspecified atom stereocenters. The van der Waals surface area contributed by atoms with E-state index in [4.69, 9.17) is 9.88 Å². The minimum Gasteiger partial charge on any atom is -0.482 e. The van der Waals surface area contributed by atoms with Gasteiger partial charge in [0.05, 0.1) is 45.4 Å². The van der Waals surface area contributed by atoms with Gasteiger partial charge in [-0.15, -0.1) is 11.3 Å². The first kappa shape index (κ1) is 36.1. The Balaban J connectivity index is 1.55. The number of nitrogens with two attached hydrogens (primary N) is 1. The molecule has 1 aromatic heterocycles. The molecule has 1 fully saturated rings. The Labute approximate surface area is 272 Å². The predicted octanol–water partition coefficient (Wildman–Crippen LogP) is 5.02. The van der Waals surface area contributed by atoms with Crippen molar-refractivity contribution in [2.45, 2.75) is 42.6 Å². The molecule has 17 heteroatoms. The van der Waals surface area contributed by atoms with Crippen LogP contribution in [-0.2, 0) is 21.2 Å². The number of rotatable bonds is 10. The van der Waals surface area contributed by atoms with E-state index >= 15 is 0 Å². The summed E-state index contributed by atoms with van der Waals surface area (Å²) in [6.45, 7) is -0.490. The highest BCUT2D eigenvalue weighted by molar-refractivity contribution is 7.89. The number of hydrogen-bond donors (Lipinski definition) is 3. The van der Waals surface area contributed by atoms with Crippen molar-refractivity contribution in [2.24, 2.45) is 5.14 Å². The summed E-state index contributed by atoms with van der Waals surface area (Å²) in [5.41, 5.74) is 0.634. The van der Waals surface area contributed by atoms with Gasteiger partial charge in [0.2, 0.25) is 15.9 Å². The number of halogens is 6. The van der Waals surface area contributed by atoms with E-state index in [0.29, 0.717) is 48.2 Å². The number of carbonyl (C=O) groups excluding carboxylic acids is 1. The number of piperidine rings is 1. The van der Waals surface area contributed by atoms with Crippen molar-refractivity contribution in [2.75, 3.05) is 57.5 Å². The first-order chi connectivity index (χ1) is 21.9. The first-order valence-electron chi connectivity index (χ1n) is 14.3. The number of fused-ring (bicyclic) bond motifs is 1. The Bertz CT molecular complexity index is 1760. The maximum Gasteiger partial charge on any atom is 0.422 e. The molecule has 2 heterocycles. The van der Waals surface area contributed by atoms with Crippen molar-refractivity contribution in [3.63, 3.8) is 0 Å². The molecule has 1 aliphatic heterocycles. The van der Waals surface area contributed by atoms with Crippen molar-refractivity contribution in [1.82, 2.24) is 9.80 Å². The van der Waals surface area contributed by atoms with Gasteiger partial charge < -0.3 is 25.2 Å². The monoisotopic (exact) mass is 705 g/mol. The van der Waals surface area contributed by atoms with Crippen molar-refractivity contribution in [3.8, 4) is 17.6 Å². The second kappa shape index (κ2) is 14.6. The zero-order chi connectivity index (χ0) is 34.6. The second-order valence-electron chi connectivity index (χ2n) is 11.2. The number of sulfonamides is 1. The molecule has 0 radical (unpaired) electrons. The number of ether oxygens (including phenoxy) is 1. The highest BCUT2D eigenvalue weighted by Crippen LogP contribution is 2.39. The number of hydrogen-bond acceptors (Lipinski definition) is 8. The van der Waals surface area contributed by atoms with Crippen LogP contribution in [0, 0.1) is 11.8 Å². The normalized spacial score (nSPS) is 14.6. The summed E-state index contributed by atoms with van der Waals surface area (Å²) in [5, 5.41) is 11.6. The van der Waals surface area contributed by atoms with Crippen molar-refractivity contribution in [3.05, 3.63) is 46.8 Å². The summed E-state index contributed by atoms with van der Waals surface area (Å²) in [6.07, 6.45) is -9.11. The lowest BCUT2D eigenvalue weighted by Crippen LogP contribution is -2.45. The maximum absolute atomic E-state index is 13.7. The molecule has 3 aromatic rings. The van der Waals surface area contributed by atoms with Crippen LogP contribution in [0.5, 0.6) is 5.75 Å². The zero-order valence-electron chi connectivity index (χ0n) is 25.4. The van der Waals surface area contributed by atoms with Crippen molar-refractivity contribution < 1.29 is 44.3 Å². The van der Waals surface area contributed by atoms with Crippen LogP contribution in [0.3, 0.4) is 0 Å². The minimum atomic E-state index is -4.71. The number of thiophene rings is 1. The Morgan fingerprint density at radius 3 is 2.40 bits per heavy atom. The zero-order valence-corrected chi connectivity index (χ0v) is 27.0.